The number of ether oxygens (including phenoxy) is 1. The van der Waals surface area contributed by atoms with Gasteiger partial charge in [0.15, 0.2) is 0 Å². The van der Waals surface area contributed by atoms with Crippen LogP contribution in [0.4, 0.5) is 8.78 Å². The Morgan fingerprint density at radius 2 is 1.82 bits per heavy atom. The molecule has 0 spiro atoms. The van der Waals surface area contributed by atoms with Crippen LogP contribution in [-0.2, 0) is 4.74 Å². The standard InChI is InChI=1S/C16H20F2N2O2/c17-14-7-13(8-15(18)9-14)16(21)20-4-2-19(3-5-20)10-12-1-6-22-11-12/h7-9,12H,1-6,10-11H2. The highest BCUT2D eigenvalue weighted by molar-refractivity contribution is 5.94. The van der Waals surface area contributed by atoms with Crippen LogP contribution >= 0.6 is 0 Å². The summed E-state index contributed by atoms with van der Waals surface area (Å²) in [5.74, 6) is -1.16. The Balaban J connectivity index is 1.55. The van der Waals surface area contributed by atoms with Gasteiger partial charge in [-0.3, -0.25) is 9.69 Å². The predicted molar refractivity (Wildman–Crippen MR) is 77.6 cm³/mol. The number of halogens is 2. The molecule has 1 amide bonds. The summed E-state index contributed by atoms with van der Waals surface area (Å²) in [6, 6.07) is 2.96. The molecule has 2 fully saturated rings. The van der Waals surface area contributed by atoms with E-state index in [-0.39, 0.29) is 11.5 Å². The average Bonchev–Trinajstić information content (AvgIpc) is 2.99. The molecule has 2 aliphatic rings. The summed E-state index contributed by atoms with van der Waals surface area (Å²) < 4.78 is 31.8. The third kappa shape index (κ3) is 3.62. The predicted octanol–water partition coefficient (Wildman–Crippen LogP) is 1.76. The largest absolute Gasteiger partial charge is 0.381 e. The summed E-state index contributed by atoms with van der Waals surface area (Å²) in [4.78, 5) is 16.3. The van der Waals surface area contributed by atoms with Crippen molar-refractivity contribution in [3.05, 3.63) is 35.4 Å². The van der Waals surface area contributed by atoms with Crippen LogP contribution in [0.15, 0.2) is 18.2 Å². The Morgan fingerprint density at radius 3 is 2.41 bits per heavy atom. The van der Waals surface area contributed by atoms with Crippen molar-refractivity contribution >= 4 is 5.91 Å². The molecule has 1 unspecified atom stereocenters. The molecule has 6 heteroatoms. The lowest BCUT2D eigenvalue weighted by Gasteiger charge is -2.35. The van der Waals surface area contributed by atoms with Gasteiger partial charge in [0, 0.05) is 51.0 Å². The molecule has 120 valence electrons. The zero-order valence-electron chi connectivity index (χ0n) is 12.4. The van der Waals surface area contributed by atoms with Gasteiger partial charge in [-0.05, 0) is 24.5 Å². The first-order valence-electron chi connectivity index (χ1n) is 7.67. The maximum Gasteiger partial charge on any atom is 0.254 e. The number of hydrogen-bond donors (Lipinski definition) is 0. The average molecular weight is 310 g/mol. The van der Waals surface area contributed by atoms with Gasteiger partial charge in [-0.1, -0.05) is 0 Å². The monoisotopic (exact) mass is 310 g/mol. The first-order valence-corrected chi connectivity index (χ1v) is 7.67. The summed E-state index contributed by atoms with van der Waals surface area (Å²) >= 11 is 0. The van der Waals surface area contributed by atoms with Crippen molar-refractivity contribution in [3.63, 3.8) is 0 Å². The Kier molecular flexibility index (Phi) is 4.69. The molecule has 0 radical (unpaired) electrons. The maximum absolute atomic E-state index is 13.2. The van der Waals surface area contributed by atoms with Gasteiger partial charge in [-0.15, -0.1) is 0 Å². The molecular formula is C16H20F2N2O2. The minimum Gasteiger partial charge on any atom is -0.381 e. The van der Waals surface area contributed by atoms with E-state index in [1.807, 2.05) is 0 Å². The number of rotatable bonds is 3. The van der Waals surface area contributed by atoms with Gasteiger partial charge >= 0.3 is 0 Å². The van der Waals surface area contributed by atoms with Gasteiger partial charge in [-0.2, -0.15) is 0 Å². The molecule has 22 heavy (non-hydrogen) atoms. The maximum atomic E-state index is 13.2. The molecule has 0 N–H and O–H groups in total. The van der Waals surface area contributed by atoms with Crippen LogP contribution in [0.25, 0.3) is 0 Å². The van der Waals surface area contributed by atoms with Gasteiger partial charge < -0.3 is 9.64 Å². The molecule has 0 aliphatic carbocycles. The second-order valence-electron chi connectivity index (χ2n) is 5.98. The fourth-order valence-corrected chi connectivity index (χ4v) is 3.09. The molecule has 0 aromatic heterocycles. The van der Waals surface area contributed by atoms with Crippen LogP contribution in [0.3, 0.4) is 0 Å². The van der Waals surface area contributed by atoms with Crippen LogP contribution in [0.5, 0.6) is 0 Å². The molecule has 3 rings (SSSR count). The normalized spacial score (nSPS) is 23.0. The minimum absolute atomic E-state index is 0.0788. The van der Waals surface area contributed by atoms with E-state index < -0.39 is 11.6 Å². The number of nitrogens with zero attached hydrogens (tertiary/aromatic N) is 2. The Labute approximate surface area is 128 Å². The number of carbonyl (C=O) groups is 1. The lowest BCUT2D eigenvalue weighted by atomic mass is 10.1. The number of carbonyl (C=O) groups excluding carboxylic acids is 1. The van der Waals surface area contributed by atoms with Crippen LogP contribution < -0.4 is 0 Å². The molecule has 2 saturated heterocycles. The Bertz CT molecular complexity index is 519. The van der Waals surface area contributed by atoms with Gasteiger partial charge in [0.25, 0.3) is 5.91 Å². The SMILES string of the molecule is O=C(c1cc(F)cc(F)c1)N1CCN(CC2CCOC2)CC1. The zero-order valence-corrected chi connectivity index (χ0v) is 12.4. The number of benzene rings is 1. The molecular weight excluding hydrogens is 290 g/mol. The summed E-state index contributed by atoms with van der Waals surface area (Å²) in [5, 5.41) is 0. The van der Waals surface area contributed by atoms with Gasteiger partial charge in [-0.25, -0.2) is 8.78 Å². The van der Waals surface area contributed by atoms with E-state index in [4.69, 9.17) is 4.74 Å². The second kappa shape index (κ2) is 6.71. The molecule has 1 atom stereocenters. The fraction of sp³-hybridized carbons (Fsp3) is 0.562. The second-order valence-corrected chi connectivity index (χ2v) is 5.98. The van der Waals surface area contributed by atoms with Crippen molar-refractivity contribution in [2.45, 2.75) is 6.42 Å². The van der Waals surface area contributed by atoms with Crippen molar-refractivity contribution in [1.29, 1.82) is 0 Å². The zero-order chi connectivity index (χ0) is 15.5. The van der Waals surface area contributed by atoms with E-state index in [0.717, 1.165) is 57.5 Å². The van der Waals surface area contributed by atoms with Gasteiger partial charge in [0.2, 0.25) is 0 Å². The number of hydrogen-bond acceptors (Lipinski definition) is 3. The minimum atomic E-state index is -0.719. The highest BCUT2D eigenvalue weighted by atomic mass is 19.1. The Hall–Kier alpha value is -1.53. The number of piperazine rings is 1. The third-order valence-electron chi connectivity index (χ3n) is 4.31. The smallest absolute Gasteiger partial charge is 0.254 e. The fourth-order valence-electron chi connectivity index (χ4n) is 3.09. The highest BCUT2D eigenvalue weighted by Gasteiger charge is 2.25. The third-order valence-corrected chi connectivity index (χ3v) is 4.31. The van der Waals surface area contributed by atoms with Crippen molar-refractivity contribution in [1.82, 2.24) is 9.80 Å². The van der Waals surface area contributed by atoms with E-state index in [1.54, 1.807) is 4.90 Å². The van der Waals surface area contributed by atoms with Crippen LogP contribution in [0.2, 0.25) is 0 Å². The van der Waals surface area contributed by atoms with E-state index in [1.165, 1.54) is 0 Å². The molecule has 0 saturated carbocycles. The summed E-state index contributed by atoms with van der Waals surface area (Å²) in [6.07, 6.45) is 1.10. The molecule has 2 heterocycles. The van der Waals surface area contributed by atoms with E-state index in [2.05, 4.69) is 4.90 Å². The van der Waals surface area contributed by atoms with Crippen molar-refractivity contribution < 1.29 is 18.3 Å². The molecule has 2 aliphatic heterocycles. The molecule has 1 aromatic rings. The van der Waals surface area contributed by atoms with Crippen LogP contribution in [-0.4, -0.2) is 61.6 Å². The van der Waals surface area contributed by atoms with E-state index in [0.29, 0.717) is 19.0 Å². The molecule has 1 aromatic carbocycles. The lowest BCUT2D eigenvalue weighted by Crippen LogP contribution is -2.49. The number of amides is 1. The quantitative estimate of drug-likeness (QED) is 0.853. The van der Waals surface area contributed by atoms with Crippen molar-refractivity contribution in [2.75, 3.05) is 45.9 Å². The topological polar surface area (TPSA) is 32.8 Å². The van der Waals surface area contributed by atoms with Gasteiger partial charge in [0.05, 0.1) is 6.61 Å². The van der Waals surface area contributed by atoms with Crippen molar-refractivity contribution in [3.8, 4) is 0 Å². The summed E-state index contributed by atoms with van der Waals surface area (Å²) in [5.41, 5.74) is 0.0788. The first kappa shape index (κ1) is 15.4. The van der Waals surface area contributed by atoms with Crippen molar-refractivity contribution in [2.24, 2.45) is 5.92 Å². The Morgan fingerprint density at radius 1 is 1.14 bits per heavy atom. The van der Waals surface area contributed by atoms with Gasteiger partial charge in [0.1, 0.15) is 11.6 Å². The molecule has 4 nitrogen and oxygen atoms in total. The summed E-state index contributed by atoms with van der Waals surface area (Å²) in [6.45, 7) is 5.42. The summed E-state index contributed by atoms with van der Waals surface area (Å²) in [7, 11) is 0. The van der Waals surface area contributed by atoms with Crippen LogP contribution in [0, 0.1) is 17.6 Å². The van der Waals surface area contributed by atoms with E-state index >= 15 is 0 Å². The first-order chi connectivity index (χ1) is 10.6. The lowest BCUT2D eigenvalue weighted by molar-refractivity contribution is 0.0610. The molecule has 0 bridgehead atoms. The highest BCUT2D eigenvalue weighted by Crippen LogP contribution is 2.16. The van der Waals surface area contributed by atoms with E-state index in [9.17, 15) is 13.6 Å². The van der Waals surface area contributed by atoms with Crippen LogP contribution in [0.1, 0.15) is 16.8 Å².